The van der Waals surface area contributed by atoms with Crippen LogP contribution >= 0.6 is 0 Å². The molecule has 0 saturated heterocycles. The van der Waals surface area contributed by atoms with Crippen LogP contribution in [0, 0.1) is 5.92 Å². The Bertz CT molecular complexity index is 541. The highest BCUT2D eigenvalue weighted by Crippen LogP contribution is 2.26. The fraction of sp³-hybridized carbons (Fsp3) is 0.500. The third-order valence-corrected chi connectivity index (χ3v) is 4.63. The van der Waals surface area contributed by atoms with Gasteiger partial charge in [0.05, 0.1) is 11.4 Å². The molecule has 1 aliphatic carbocycles. The van der Waals surface area contributed by atoms with Crippen LogP contribution in [0.4, 0.5) is 0 Å². The van der Waals surface area contributed by atoms with Crippen LogP contribution in [0.15, 0.2) is 42.6 Å². The molecule has 3 rings (SSSR count). The third kappa shape index (κ3) is 3.73. The van der Waals surface area contributed by atoms with E-state index in [9.17, 15) is 0 Å². The molecule has 0 unspecified atom stereocenters. The van der Waals surface area contributed by atoms with Crippen molar-refractivity contribution in [1.29, 1.82) is 0 Å². The number of hydrogen-bond acceptors (Lipinski definition) is 2. The van der Waals surface area contributed by atoms with Gasteiger partial charge in [-0.3, -0.25) is 0 Å². The van der Waals surface area contributed by atoms with E-state index in [1.807, 2.05) is 29.1 Å². The van der Waals surface area contributed by atoms with E-state index in [0.29, 0.717) is 6.04 Å². The first kappa shape index (κ1) is 14.3. The number of benzene rings is 1. The summed E-state index contributed by atoms with van der Waals surface area (Å²) in [7, 11) is 0. The first-order valence-corrected chi connectivity index (χ1v) is 8.16. The van der Waals surface area contributed by atoms with Crippen LogP contribution in [0.25, 0.3) is 5.69 Å². The van der Waals surface area contributed by atoms with Gasteiger partial charge in [-0.25, -0.2) is 4.68 Å². The van der Waals surface area contributed by atoms with Gasteiger partial charge in [0.2, 0.25) is 0 Å². The van der Waals surface area contributed by atoms with Crippen molar-refractivity contribution in [1.82, 2.24) is 15.1 Å². The number of nitrogens with one attached hydrogen (secondary N) is 1. The minimum absolute atomic E-state index is 0.590. The summed E-state index contributed by atoms with van der Waals surface area (Å²) in [5.74, 6) is 0.843. The van der Waals surface area contributed by atoms with Crippen molar-refractivity contribution in [3.05, 3.63) is 48.3 Å². The molecule has 1 aliphatic rings. The molecular formula is C18H25N3. The van der Waals surface area contributed by atoms with Crippen LogP contribution in [0.5, 0.6) is 0 Å². The van der Waals surface area contributed by atoms with Gasteiger partial charge in [0.15, 0.2) is 0 Å². The average molecular weight is 283 g/mol. The highest BCUT2D eigenvalue weighted by molar-refractivity contribution is 5.30. The summed E-state index contributed by atoms with van der Waals surface area (Å²) in [5, 5.41) is 8.31. The molecule has 0 radical (unpaired) electrons. The standard InChI is InChI=1S/C18H25N3/c1-15(16-8-4-2-5-9-16)19-14-17-12-13-21(20-17)18-10-6-3-7-11-18/h3,6-7,10-13,15-16,19H,2,4-5,8-9,14H2,1H3/t15-/m0/s1. The molecule has 1 atom stereocenters. The molecule has 0 spiro atoms. The Morgan fingerprint density at radius 1 is 1.14 bits per heavy atom. The second-order valence-electron chi connectivity index (χ2n) is 6.15. The first-order valence-electron chi connectivity index (χ1n) is 8.16. The summed E-state index contributed by atoms with van der Waals surface area (Å²) in [6, 6.07) is 13.0. The van der Waals surface area contributed by atoms with E-state index in [4.69, 9.17) is 0 Å². The maximum Gasteiger partial charge on any atom is 0.0766 e. The summed E-state index contributed by atoms with van der Waals surface area (Å²) >= 11 is 0. The maximum atomic E-state index is 4.65. The molecule has 1 aromatic carbocycles. The number of aromatic nitrogens is 2. The van der Waals surface area contributed by atoms with E-state index in [1.54, 1.807) is 0 Å². The molecule has 0 aliphatic heterocycles. The van der Waals surface area contributed by atoms with E-state index < -0.39 is 0 Å². The lowest BCUT2D eigenvalue weighted by molar-refractivity contribution is 0.280. The molecule has 112 valence electrons. The SMILES string of the molecule is C[C@H](NCc1ccn(-c2ccccc2)n1)C1CCCCC1. The lowest BCUT2D eigenvalue weighted by atomic mass is 9.84. The van der Waals surface area contributed by atoms with Crippen molar-refractivity contribution in [2.24, 2.45) is 5.92 Å². The molecule has 1 fully saturated rings. The van der Waals surface area contributed by atoms with Gasteiger partial charge >= 0.3 is 0 Å². The Morgan fingerprint density at radius 2 is 1.90 bits per heavy atom. The van der Waals surface area contributed by atoms with Gasteiger partial charge in [-0.05, 0) is 43.9 Å². The van der Waals surface area contributed by atoms with Crippen LogP contribution in [-0.2, 0) is 6.54 Å². The Kier molecular flexibility index (Phi) is 4.71. The van der Waals surface area contributed by atoms with Gasteiger partial charge in [-0.15, -0.1) is 0 Å². The predicted octanol–water partition coefficient (Wildman–Crippen LogP) is 3.93. The molecular weight excluding hydrogens is 258 g/mol. The summed E-state index contributed by atoms with van der Waals surface area (Å²) in [6.07, 6.45) is 9.03. The zero-order chi connectivity index (χ0) is 14.5. The van der Waals surface area contributed by atoms with E-state index in [1.165, 1.54) is 32.1 Å². The summed E-state index contributed by atoms with van der Waals surface area (Å²) in [4.78, 5) is 0. The largest absolute Gasteiger partial charge is 0.308 e. The maximum absolute atomic E-state index is 4.65. The number of nitrogens with zero attached hydrogens (tertiary/aromatic N) is 2. The molecule has 0 amide bonds. The molecule has 0 bridgehead atoms. The monoisotopic (exact) mass is 283 g/mol. The third-order valence-electron chi connectivity index (χ3n) is 4.63. The van der Waals surface area contributed by atoms with E-state index in [-0.39, 0.29) is 0 Å². The number of hydrogen-bond donors (Lipinski definition) is 1. The predicted molar refractivity (Wildman–Crippen MR) is 86.4 cm³/mol. The lowest BCUT2D eigenvalue weighted by Crippen LogP contribution is -2.34. The van der Waals surface area contributed by atoms with E-state index in [2.05, 4.69) is 35.5 Å². The van der Waals surface area contributed by atoms with Gasteiger partial charge in [0.1, 0.15) is 0 Å². The fourth-order valence-electron chi connectivity index (χ4n) is 3.25. The van der Waals surface area contributed by atoms with Gasteiger partial charge in [-0.1, -0.05) is 37.5 Å². The van der Waals surface area contributed by atoms with Gasteiger partial charge < -0.3 is 5.32 Å². The summed E-state index contributed by atoms with van der Waals surface area (Å²) in [6.45, 7) is 3.18. The smallest absolute Gasteiger partial charge is 0.0766 e. The Morgan fingerprint density at radius 3 is 2.67 bits per heavy atom. The topological polar surface area (TPSA) is 29.9 Å². The molecule has 1 aromatic heterocycles. The molecule has 1 saturated carbocycles. The average Bonchev–Trinajstić information content (AvgIpc) is 3.03. The zero-order valence-electron chi connectivity index (χ0n) is 12.8. The number of para-hydroxylation sites is 1. The van der Waals surface area contributed by atoms with Crippen molar-refractivity contribution in [2.45, 2.75) is 51.6 Å². The van der Waals surface area contributed by atoms with Crippen molar-refractivity contribution in [2.75, 3.05) is 0 Å². The molecule has 21 heavy (non-hydrogen) atoms. The second kappa shape index (κ2) is 6.90. The summed E-state index contributed by atoms with van der Waals surface area (Å²) in [5.41, 5.74) is 2.23. The highest BCUT2D eigenvalue weighted by Gasteiger charge is 2.19. The normalized spacial score (nSPS) is 17.8. The Labute approximate surface area is 127 Å². The minimum atomic E-state index is 0.590. The van der Waals surface area contributed by atoms with Crippen molar-refractivity contribution >= 4 is 0 Å². The van der Waals surface area contributed by atoms with Gasteiger partial charge in [-0.2, -0.15) is 5.10 Å². The lowest BCUT2D eigenvalue weighted by Gasteiger charge is -2.28. The molecule has 1 heterocycles. The molecule has 1 N–H and O–H groups in total. The minimum Gasteiger partial charge on any atom is -0.308 e. The fourth-order valence-corrected chi connectivity index (χ4v) is 3.25. The number of rotatable bonds is 5. The highest BCUT2D eigenvalue weighted by atomic mass is 15.3. The van der Waals surface area contributed by atoms with Crippen LogP contribution in [-0.4, -0.2) is 15.8 Å². The van der Waals surface area contributed by atoms with Crippen molar-refractivity contribution in [3.8, 4) is 5.69 Å². The van der Waals surface area contributed by atoms with Crippen molar-refractivity contribution in [3.63, 3.8) is 0 Å². The first-order chi connectivity index (χ1) is 10.3. The van der Waals surface area contributed by atoms with Crippen LogP contribution in [0.1, 0.15) is 44.7 Å². The van der Waals surface area contributed by atoms with E-state index in [0.717, 1.165) is 23.8 Å². The van der Waals surface area contributed by atoms with Gasteiger partial charge in [0.25, 0.3) is 0 Å². The molecule has 3 heteroatoms. The van der Waals surface area contributed by atoms with Crippen molar-refractivity contribution < 1.29 is 0 Å². The second-order valence-corrected chi connectivity index (χ2v) is 6.15. The zero-order valence-corrected chi connectivity index (χ0v) is 12.8. The summed E-state index contributed by atoms with van der Waals surface area (Å²) < 4.78 is 1.95. The van der Waals surface area contributed by atoms with Crippen LogP contribution in [0.3, 0.4) is 0 Å². The van der Waals surface area contributed by atoms with Crippen LogP contribution < -0.4 is 5.32 Å². The molecule has 3 nitrogen and oxygen atoms in total. The molecule has 2 aromatic rings. The van der Waals surface area contributed by atoms with E-state index >= 15 is 0 Å². The van der Waals surface area contributed by atoms with Crippen LogP contribution in [0.2, 0.25) is 0 Å². The quantitative estimate of drug-likeness (QED) is 0.901. The van der Waals surface area contributed by atoms with Gasteiger partial charge in [0, 0.05) is 18.8 Å². The Hall–Kier alpha value is -1.61. The Balaban J connectivity index is 1.55.